The van der Waals surface area contributed by atoms with Crippen LogP contribution in [-0.4, -0.2) is 44.5 Å². The fourth-order valence-electron chi connectivity index (χ4n) is 3.87. The monoisotopic (exact) mass is 468 g/mol. The standard InChI is InChI=1S/C25H28N2O5S/c1-15-12-16(2)14-20(13-15)27-17(3)21(24(29)32-11-10-30-4)22(26-25(27)33)18-6-8-19(9-7-18)23(28)31-5/h6-9,12-14,22H,10-11H2,1-5H3,(H,26,33). The Kier molecular flexibility index (Phi) is 7.84. The highest BCUT2D eigenvalue weighted by Gasteiger charge is 2.35. The smallest absolute Gasteiger partial charge is 0.338 e. The number of carbonyl (C=O) groups excluding carboxylic acids is 2. The first-order valence-corrected chi connectivity index (χ1v) is 10.9. The second-order valence-electron chi connectivity index (χ2n) is 7.81. The Morgan fingerprint density at radius 1 is 0.970 bits per heavy atom. The van der Waals surface area contributed by atoms with E-state index in [4.69, 9.17) is 26.4 Å². The van der Waals surface area contributed by atoms with Crippen LogP contribution in [0.5, 0.6) is 0 Å². The summed E-state index contributed by atoms with van der Waals surface area (Å²) in [7, 11) is 2.88. The highest BCUT2D eigenvalue weighted by atomic mass is 32.1. The van der Waals surface area contributed by atoms with Crippen LogP contribution in [-0.2, 0) is 19.0 Å². The Labute approximate surface area is 199 Å². The molecule has 1 aliphatic heterocycles. The number of carbonyl (C=O) groups is 2. The van der Waals surface area contributed by atoms with E-state index >= 15 is 0 Å². The fourth-order valence-corrected chi connectivity index (χ4v) is 4.23. The van der Waals surface area contributed by atoms with Gasteiger partial charge in [-0.25, -0.2) is 9.59 Å². The maximum absolute atomic E-state index is 13.2. The summed E-state index contributed by atoms with van der Waals surface area (Å²) in [6.07, 6.45) is 0. The van der Waals surface area contributed by atoms with Gasteiger partial charge in [0.15, 0.2) is 5.11 Å². The maximum Gasteiger partial charge on any atom is 0.338 e. The van der Waals surface area contributed by atoms with Crippen molar-refractivity contribution in [1.82, 2.24) is 5.32 Å². The van der Waals surface area contributed by atoms with Gasteiger partial charge < -0.3 is 19.5 Å². The van der Waals surface area contributed by atoms with Crippen molar-refractivity contribution in [2.45, 2.75) is 26.8 Å². The third-order valence-corrected chi connectivity index (χ3v) is 5.66. The molecule has 7 nitrogen and oxygen atoms in total. The predicted octanol–water partition coefficient (Wildman–Crippen LogP) is 3.99. The topological polar surface area (TPSA) is 77.1 Å². The number of thiocarbonyl (C=S) groups is 1. The minimum atomic E-state index is -0.540. The Morgan fingerprint density at radius 2 is 1.61 bits per heavy atom. The lowest BCUT2D eigenvalue weighted by Crippen LogP contribution is -2.48. The fraction of sp³-hybridized carbons (Fsp3) is 0.320. The zero-order valence-electron chi connectivity index (χ0n) is 19.4. The summed E-state index contributed by atoms with van der Waals surface area (Å²) in [6.45, 7) is 6.31. The minimum absolute atomic E-state index is 0.133. The van der Waals surface area contributed by atoms with Crippen molar-refractivity contribution in [2.75, 3.05) is 32.3 Å². The number of esters is 2. The Bertz CT molecular complexity index is 1070. The van der Waals surface area contributed by atoms with Crippen LogP contribution in [0.25, 0.3) is 0 Å². The molecule has 8 heteroatoms. The van der Waals surface area contributed by atoms with Crippen LogP contribution in [0.2, 0.25) is 0 Å². The molecule has 0 fully saturated rings. The number of nitrogens with one attached hydrogen (secondary N) is 1. The number of methoxy groups -OCH3 is 2. The van der Waals surface area contributed by atoms with E-state index in [1.165, 1.54) is 7.11 Å². The van der Waals surface area contributed by atoms with E-state index in [2.05, 4.69) is 11.4 Å². The molecule has 2 aromatic carbocycles. The van der Waals surface area contributed by atoms with Gasteiger partial charge in [0, 0.05) is 18.5 Å². The van der Waals surface area contributed by atoms with Gasteiger partial charge in [0.25, 0.3) is 0 Å². The molecule has 1 heterocycles. The van der Waals surface area contributed by atoms with Gasteiger partial charge in [0.05, 0.1) is 30.9 Å². The molecule has 174 valence electrons. The Balaban J connectivity index is 2.07. The number of rotatable bonds is 7. The van der Waals surface area contributed by atoms with Crippen LogP contribution >= 0.6 is 12.2 Å². The van der Waals surface area contributed by atoms with E-state index < -0.39 is 18.0 Å². The molecule has 1 aliphatic rings. The number of hydrogen-bond acceptors (Lipinski definition) is 6. The van der Waals surface area contributed by atoms with Crippen LogP contribution in [0.15, 0.2) is 53.7 Å². The molecule has 2 aromatic rings. The molecule has 0 saturated carbocycles. The summed E-state index contributed by atoms with van der Waals surface area (Å²) < 4.78 is 15.3. The van der Waals surface area contributed by atoms with Gasteiger partial charge in [0.1, 0.15) is 6.61 Å². The molecule has 0 radical (unpaired) electrons. The van der Waals surface area contributed by atoms with Gasteiger partial charge in [0.2, 0.25) is 0 Å². The van der Waals surface area contributed by atoms with Gasteiger partial charge in [-0.1, -0.05) is 18.2 Å². The third kappa shape index (κ3) is 5.40. The van der Waals surface area contributed by atoms with E-state index in [-0.39, 0.29) is 6.61 Å². The molecular formula is C25H28N2O5S. The zero-order valence-corrected chi connectivity index (χ0v) is 20.2. The van der Waals surface area contributed by atoms with E-state index in [1.54, 1.807) is 31.4 Å². The lowest BCUT2D eigenvalue weighted by Gasteiger charge is -2.37. The van der Waals surface area contributed by atoms with Crippen molar-refractivity contribution in [3.05, 3.63) is 76.0 Å². The molecule has 1 atom stereocenters. The van der Waals surface area contributed by atoms with Crippen LogP contribution in [0.3, 0.4) is 0 Å². The molecule has 1 N–H and O–H groups in total. The first-order valence-electron chi connectivity index (χ1n) is 10.5. The van der Waals surface area contributed by atoms with Crippen LogP contribution in [0.4, 0.5) is 5.69 Å². The highest BCUT2D eigenvalue weighted by molar-refractivity contribution is 7.80. The lowest BCUT2D eigenvalue weighted by molar-refractivity contribution is -0.140. The van der Waals surface area contributed by atoms with Crippen molar-refractivity contribution in [1.29, 1.82) is 0 Å². The number of hydrogen-bond donors (Lipinski definition) is 1. The second kappa shape index (κ2) is 10.6. The Hall–Kier alpha value is -3.23. The maximum atomic E-state index is 13.2. The molecule has 0 amide bonds. The SMILES string of the molecule is COCCOC(=O)C1=C(C)N(c2cc(C)cc(C)c2)C(=S)NC1c1ccc(C(=O)OC)cc1. The Morgan fingerprint density at radius 3 is 2.18 bits per heavy atom. The lowest BCUT2D eigenvalue weighted by atomic mass is 9.94. The van der Waals surface area contributed by atoms with Gasteiger partial charge in [-0.3, -0.25) is 4.90 Å². The summed E-state index contributed by atoms with van der Waals surface area (Å²) in [5.41, 5.74) is 5.34. The van der Waals surface area contributed by atoms with E-state index in [1.807, 2.05) is 37.8 Å². The minimum Gasteiger partial charge on any atom is -0.465 e. The van der Waals surface area contributed by atoms with Crippen molar-refractivity contribution in [3.8, 4) is 0 Å². The highest BCUT2D eigenvalue weighted by Crippen LogP contribution is 2.35. The summed E-state index contributed by atoms with van der Waals surface area (Å²) in [5.74, 6) is -0.892. The third-order valence-electron chi connectivity index (χ3n) is 5.36. The number of ether oxygens (including phenoxy) is 3. The molecule has 0 saturated heterocycles. The first kappa shape index (κ1) is 24.4. The predicted molar refractivity (Wildman–Crippen MR) is 130 cm³/mol. The molecule has 3 rings (SSSR count). The van der Waals surface area contributed by atoms with Gasteiger partial charge >= 0.3 is 11.9 Å². The molecule has 1 unspecified atom stereocenters. The molecule has 33 heavy (non-hydrogen) atoms. The zero-order chi connectivity index (χ0) is 24.1. The van der Waals surface area contributed by atoms with Crippen LogP contribution in [0, 0.1) is 13.8 Å². The number of allylic oxidation sites excluding steroid dienone is 1. The average molecular weight is 469 g/mol. The summed E-state index contributed by atoms with van der Waals surface area (Å²) in [4.78, 5) is 26.9. The number of nitrogens with zero attached hydrogens (tertiary/aromatic N) is 1. The van der Waals surface area contributed by atoms with Crippen LogP contribution < -0.4 is 10.2 Å². The largest absolute Gasteiger partial charge is 0.465 e. The molecule has 0 aliphatic carbocycles. The average Bonchev–Trinajstić information content (AvgIpc) is 2.77. The molecule has 0 spiro atoms. The van der Waals surface area contributed by atoms with Gasteiger partial charge in [-0.15, -0.1) is 0 Å². The molecular weight excluding hydrogens is 440 g/mol. The van der Waals surface area contributed by atoms with Crippen molar-refractivity contribution in [3.63, 3.8) is 0 Å². The van der Waals surface area contributed by atoms with E-state index in [0.29, 0.717) is 28.6 Å². The van der Waals surface area contributed by atoms with E-state index in [9.17, 15) is 9.59 Å². The summed E-state index contributed by atoms with van der Waals surface area (Å²) in [5, 5.41) is 3.75. The van der Waals surface area contributed by atoms with Gasteiger partial charge in [-0.2, -0.15) is 0 Å². The molecule has 0 bridgehead atoms. The van der Waals surface area contributed by atoms with Crippen molar-refractivity contribution in [2.24, 2.45) is 0 Å². The number of anilines is 1. The van der Waals surface area contributed by atoms with Gasteiger partial charge in [-0.05, 0) is 73.9 Å². The second-order valence-corrected chi connectivity index (χ2v) is 8.19. The van der Waals surface area contributed by atoms with Crippen molar-refractivity contribution >= 4 is 35.0 Å². The number of aryl methyl sites for hydroxylation is 2. The first-order chi connectivity index (χ1) is 15.8. The van der Waals surface area contributed by atoms with Crippen molar-refractivity contribution < 1.29 is 23.8 Å². The number of benzene rings is 2. The summed E-state index contributed by atoms with van der Waals surface area (Å²) in [6, 6.07) is 12.4. The van der Waals surface area contributed by atoms with Crippen LogP contribution in [0.1, 0.15) is 40.0 Å². The quantitative estimate of drug-likeness (QED) is 0.371. The van der Waals surface area contributed by atoms with E-state index in [0.717, 1.165) is 22.4 Å². The molecule has 0 aromatic heterocycles. The summed E-state index contributed by atoms with van der Waals surface area (Å²) >= 11 is 5.72. The normalized spacial score (nSPS) is 15.8.